The van der Waals surface area contributed by atoms with Crippen molar-refractivity contribution in [3.05, 3.63) is 64.9 Å². The number of carbonyl (C=O) groups is 3. The lowest BCUT2D eigenvalue weighted by Crippen LogP contribution is -2.35. The van der Waals surface area contributed by atoms with Crippen LogP contribution in [0.3, 0.4) is 0 Å². The molecule has 1 heterocycles. The molecule has 6 nitrogen and oxygen atoms in total. The van der Waals surface area contributed by atoms with Crippen LogP contribution in [-0.4, -0.2) is 29.4 Å². The van der Waals surface area contributed by atoms with E-state index in [4.69, 9.17) is 16.3 Å². The van der Waals surface area contributed by atoms with Crippen LogP contribution in [0.5, 0.6) is 0 Å². The van der Waals surface area contributed by atoms with Gasteiger partial charge in [-0.05, 0) is 17.7 Å². The molecule has 0 spiro atoms. The minimum absolute atomic E-state index is 0.0711. The molecule has 118 valence electrons. The Balaban J connectivity index is 1.77. The van der Waals surface area contributed by atoms with Gasteiger partial charge in [-0.3, -0.25) is 14.9 Å². The van der Waals surface area contributed by atoms with Gasteiger partial charge in [0.05, 0.1) is 12.0 Å². The summed E-state index contributed by atoms with van der Waals surface area (Å²) in [6.45, 7) is -0.554. The summed E-state index contributed by atoms with van der Waals surface area (Å²) in [6.07, 6.45) is 1.31. The Morgan fingerprint density at radius 2 is 1.78 bits per heavy atom. The molecule has 1 aromatic carbocycles. The molecule has 0 saturated carbocycles. The van der Waals surface area contributed by atoms with Crippen molar-refractivity contribution in [1.29, 1.82) is 0 Å². The summed E-state index contributed by atoms with van der Waals surface area (Å²) < 4.78 is 4.79. The van der Waals surface area contributed by atoms with Gasteiger partial charge in [0.2, 0.25) is 5.91 Å². The summed E-state index contributed by atoms with van der Waals surface area (Å²) in [7, 11) is 0. The molecular formula is C16H13ClN2O4. The zero-order valence-electron chi connectivity index (χ0n) is 12.0. The number of nitrogens with zero attached hydrogens (tertiary/aromatic N) is 1. The highest BCUT2D eigenvalue weighted by atomic mass is 35.5. The average molecular weight is 333 g/mol. The van der Waals surface area contributed by atoms with E-state index in [9.17, 15) is 14.4 Å². The highest BCUT2D eigenvalue weighted by Gasteiger charge is 2.13. The Hall–Kier alpha value is -2.73. The van der Waals surface area contributed by atoms with Crippen molar-refractivity contribution >= 4 is 29.4 Å². The van der Waals surface area contributed by atoms with Gasteiger partial charge < -0.3 is 4.74 Å². The second-order valence-corrected chi connectivity index (χ2v) is 4.97. The molecule has 1 N–H and O–H groups in total. The smallest absolute Gasteiger partial charge is 0.340 e. The molecular weight excluding hydrogens is 320 g/mol. The number of amides is 2. The fourth-order valence-corrected chi connectivity index (χ4v) is 1.84. The molecule has 7 heteroatoms. The van der Waals surface area contributed by atoms with E-state index in [-0.39, 0.29) is 17.1 Å². The molecule has 0 saturated heterocycles. The van der Waals surface area contributed by atoms with Crippen LogP contribution in [0, 0.1) is 0 Å². The average Bonchev–Trinajstić information content (AvgIpc) is 2.54. The topological polar surface area (TPSA) is 85.4 Å². The Kier molecular flexibility index (Phi) is 5.82. The quantitative estimate of drug-likeness (QED) is 0.666. The first-order chi connectivity index (χ1) is 11.0. The van der Waals surface area contributed by atoms with Crippen molar-refractivity contribution in [3.8, 4) is 0 Å². The third-order valence-corrected chi connectivity index (χ3v) is 3.01. The van der Waals surface area contributed by atoms with E-state index in [0.717, 1.165) is 5.56 Å². The summed E-state index contributed by atoms with van der Waals surface area (Å²) in [4.78, 5) is 38.7. The van der Waals surface area contributed by atoms with E-state index in [1.807, 2.05) is 6.07 Å². The molecule has 0 aliphatic rings. The van der Waals surface area contributed by atoms with E-state index in [1.54, 1.807) is 24.3 Å². The van der Waals surface area contributed by atoms with Crippen molar-refractivity contribution in [2.45, 2.75) is 6.42 Å². The third kappa shape index (κ3) is 5.52. The number of aromatic nitrogens is 1. The molecule has 0 fully saturated rings. The number of carbonyl (C=O) groups excluding carboxylic acids is 3. The number of benzene rings is 1. The molecule has 23 heavy (non-hydrogen) atoms. The molecule has 0 aliphatic heterocycles. The number of esters is 1. The van der Waals surface area contributed by atoms with Gasteiger partial charge in [0.1, 0.15) is 5.15 Å². The number of pyridine rings is 1. The van der Waals surface area contributed by atoms with Gasteiger partial charge in [-0.1, -0.05) is 41.9 Å². The van der Waals surface area contributed by atoms with Gasteiger partial charge in [-0.15, -0.1) is 0 Å². The number of ether oxygens (including phenoxy) is 1. The number of hydrogen-bond acceptors (Lipinski definition) is 5. The lowest BCUT2D eigenvalue weighted by molar-refractivity contribution is -0.132. The van der Waals surface area contributed by atoms with Crippen LogP contribution in [-0.2, 0) is 20.7 Å². The van der Waals surface area contributed by atoms with E-state index in [1.165, 1.54) is 18.3 Å². The predicted octanol–water partition coefficient (Wildman–Crippen LogP) is 1.78. The minimum Gasteiger partial charge on any atom is -0.452 e. The van der Waals surface area contributed by atoms with Crippen molar-refractivity contribution in [2.24, 2.45) is 0 Å². The number of imide groups is 1. The fraction of sp³-hybridized carbons (Fsp3) is 0.125. The van der Waals surface area contributed by atoms with Crippen LogP contribution in [0.4, 0.5) is 0 Å². The first-order valence-electron chi connectivity index (χ1n) is 6.70. The first-order valence-corrected chi connectivity index (χ1v) is 7.07. The van der Waals surface area contributed by atoms with Gasteiger partial charge >= 0.3 is 5.97 Å². The molecule has 0 aliphatic carbocycles. The van der Waals surface area contributed by atoms with E-state index in [2.05, 4.69) is 10.3 Å². The van der Waals surface area contributed by atoms with Crippen molar-refractivity contribution in [3.63, 3.8) is 0 Å². The molecule has 2 aromatic rings. The van der Waals surface area contributed by atoms with Crippen molar-refractivity contribution in [1.82, 2.24) is 10.3 Å². The van der Waals surface area contributed by atoms with Crippen LogP contribution >= 0.6 is 11.6 Å². The Morgan fingerprint density at radius 3 is 2.43 bits per heavy atom. The monoisotopic (exact) mass is 332 g/mol. The van der Waals surface area contributed by atoms with Gasteiger partial charge in [0.25, 0.3) is 5.91 Å². The summed E-state index contributed by atoms with van der Waals surface area (Å²) in [5, 5.41) is 2.39. The highest BCUT2D eigenvalue weighted by molar-refractivity contribution is 6.29. The summed E-state index contributed by atoms with van der Waals surface area (Å²) in [5.41, 5.74) is 0.944. The first kappa shape index (κ1) is 16.6. The lowest BCUT2D eigenvalue weighted by atomic mass is 10.1. The Morgan fingerprint density at radius 1 is 1.04 bits per heavy atom. The summed E-state index contributed by atoms with van der Waals surface area (Å²) in [5.74, 6) is -1.88. The van der Waals surface area contributed by atoms with Crippen LogP contribution in [0.25, 0.3) is 0 Å². The molecule has 0 atom stereocenters. The predicted molar refractivity (Wildman–Crippen MR) is 82.8 cm³/mol. The fourth-order valence-electron chi connectivity index (χ4n) is 1.73. The zero-order valence-corrected chi connectivity index (χ0v) is 12.7. The van der Waals surface area contributed by atoms with Crippen LogP contribution < -0.4 is 5.32 Å². The van der Waals surface area contributed by atoms with Gasteiger partial charge in [-0.2, -0.15) is 0 Å². The van der Waals surface area contributed by atoms with Crippen LogP contribution in [0.2, 0.25) is 5.15 Å². The molecule has 1 aromatic heterocycles. The molecule has 2 rings (SSSR count). The number of hydrogen-bond donors (Lipinski definition) is 1. The molecule has 2 amide bonds. The standard InChI is InChI=1S/C16H13ClN2O4/c17-13-7-6-12(9-18-13)16(22)23-10-15(21)19-14(20)8-11-4-2-1-3-5-11/h1-7,9H,8,10H2,(H,19,20,21). The number of halogens is 1. The second-order valence-electron chi connectivity index (χ2n) is 4.58. The molecule has 0 radical (unpaired) electrons. The molecule has 0 unspecified atom stereocenters. The van der Waals surface area contributed by atoms with Crippen molar-refractivity contribution < 1.29 is 19.1 Å². The maximum Gasteiger partial charge on any atom is 0.340 e. The van der Waals surface area contributed by atoms with Crippen molar-refractivity contribution in [2.75, 3.05) is 6.61 Å². The van der Waals surface area contributed by atoms with E-state index in [0.29, 0.717) is 0 Å². The second kappa shape index (κ2) is 8.05. The Bertz CT molecular complexity index is 702. The van der Waals surface area contributed by atoms with Crippen LogP contribution in [0.1, 0.15) is 15.9 Å². The van der Waals surface area contributed by atoms with E-state index >= 15 is 0 Å². The van der Waals surface area contributed by atoms with Gasteiger partial charge in [-0.25, -0.2) is 9.78 Å². The maximum atomic E-state index is 11.7. The Labute approximate surface area is 137 Å². The summed E-state index contributed by atoms with van der Waals surface area (Å²) in [6, 6.07) is 11.8. The van der Waals surface area contributed by atoms with Gasteiger partial charge in [0, 0.05) is 6.20 Å². The summed E-state index contributed by atoms with van der Waals surface area (Å²) >= 11 is 5.60. The molecule has 0 bridgehead atoms. The highest BCUT2D eigenvalue weighted by Crippen LogP contribution is 2.06. The van der Waals surface area contributed by atoms with Crippen LogP contribution in [0.15, 0.2) is 48.7 Å². The van der Waals surface area contributed by atoms with Gasteiger partial charge in [0.15, 0.2) is 6.61 Å². The third-order valence-electron chi connectivity index (χ3n) is 2.78. The zero-order chi connectivity index (χ0) is 16.7. The minimum atomic E-state index is -0.722. The van der Waals surface area contributed by atoms with E-state index < -0.39 is 24.4 Å². The lowest BCUT2D eigenvalue weighted by Gasteiger charge is -2.06. The largest absolute Gasteiger partial charge is 0.452 e. The normalized spacial score (nSPS) is 9.96. The number of nitrogens with one attached hydrogen (secondary N) is 1. The maximum absolute atomic E-state index is 11.7. The number of rotatable bonds is 5. The SMILES string of the molecule is O=C(COC(=O)c1ccc(Cl)nc1)NC(=O)Cc1ccccc1.